The van der Waals surface area contributed by atoms with Crippen molar-refractivity contribution >= 4 is 27.1 Å². The number of hydrogen-bond acceptors (Lipinski definition) is 2. The van der Waals surface area contributed by atoms with Gasteiger partial charge in [-0.1, -0.05) is 30.4 Å². The van der Waals surface area contributed by atoms with E-state index in [1.807, 2.05) is 23.5 Å². The fourth-order valence-corrected chi connectivity index (χ4v) is 3.20. The molecule has 0 aliphatic carbocycles. The molecule has 0 aliphatic heterocycles. The normalized spacial score (nSPS) is 10.4. The van der Waals surface area contributed by atoms with Crippen LogP contribution in [-0.2, 0) is 0 Å². The van der Waals surface area contributed by atoms with Crippen LogP contribution >= 0.6 is 11.3 Å². The minimum atomic E-state index is 0.855. The Morgan fingerprint density at radius 2 is 1.82 bits per heavy atom. The van der Waals surface area contributed by atoms with E-state index in [4.69, 9.17) is 0 Å². The maximum atomic E-state index is 3.83. The summed E-state index contributed by atoms with van der Waals surface area (Å²) in [6, 6.07) is 8.55. The van der Waals surface area contributed by atoms with Crippen molar-refractivity contribution in [3.63, 3.8) is 0 Å². The quantitative estimate of drug-likeness (QED) is 0.704. The highest BCUT2D eigenvalue weighted by molar-refractivity contribution is 7.19. The van der Waals surface area contributed by atoms with Gasteiger partial charge in [-0.25, -0.2) is 0 Å². The minimum absolute atomic E-state index is 0.855. The summed E-state index contributed by atoms with van der Waals surface area (Å²) in [5.41, 5.74) is 1.32. The van der Waals surface area contributed by atoms with E-state index in [1.165, 1.54) is 20.7 Å². The third-order valence-electron chi connectivity index (χ3n) is 2.75. The van der Waals surface area contributed by atoms with Crippen molar-refractivity contribution in [2.24, 2.45) is 0 Å². The first-order valence-electron chi connectivity index (χ1n) is 5.72. The summed E-state index contributed by atoms with van der Waals surface area (Å²) in [5, 5.41) is 1.33. The van der Waals surface area contributed by atoms with Gasteiger partial charge >= 0.3 is 0 Å². The van der Waals surface area contributed by atoms with E-state index < -0.39 is 0 Å². The molecule has 0 spiro atoms. The lowest BCUT2D eigenvalue weighted by Crippen LogP contribution is -2.23. The minimum Gasteiger partial charge on any atom is -0.363 e. The number of anilines is 1. The van der Waals surface area contributed by atoms with Crippen LogP contribution in [0.3, 0.4) is 0 Å². The van der Waals surface area contributed by atoms with E-state index in [9.17, 15) is 0 Å². The molecule has 1 aromatic carbocycles. The highest BCUT2D eigenvalue weighted by Gasteiger charge is 2.13. The number of nitrogens with zero attached hydrogens (tertiary/aromatic N) is 1. The standard InChI is InChI=1S/C15H17NS/c1-4-10-16(11-5-2)15-12(3)17-14-9-7-6-8-13(14)15/h4-9H,1-2,10-11H2,3H3. The van der Waals surface area contributed by atoms with Gasteiger partial charge in [0.15, 0.2) is 0 Å². The van der Waals surface area contributed by atoms with Crippen molar-refractivity contribution in [1.29, 1.82) is 0 Å². The zero-order valence-corrected chi connectivity index (χ0v) is 11.0. The first-order valence-corrected chi connectivity index (χ1v) is 6.54. The van der Waals surface area contributed by atoms with Crippen molar-refractivity contribution in [3.8, 4) is 0 Å². The van der Waals surface area contributed by atoms with E-state index >= 15 is 0 Å². The van der Waals surface area contributed by atoms with Gasteiger partial charge in [-0.05, 0) is 13.0 Å². The number of benzene rings is 1. The summed E-state index contributed by atoms with van der Waals surface area (Å²) in [4.78, 5) is 3.67. The molecule has 0 N–H and O–H groups in total. The summed E-state index contributed by atoms with van der Waals surface area (Å²) >= 11 is 1.85. The predicted octanol–water partition coefficient (Wildman–Crippen LogP) is 4.39. The van der Waals surface area contributed by atoms with Crippen LogP contribution in [0.5, 0.6) is 0 Å². The fraction of sp³-hybridized carbons (Fsp3) is 0.200. The zero-order valence-electron chi connectivity index (χ0n) is 10.1. The van der Waals surface area contributed by atoms with Gasteiger partial charge in [0.05, 0.1) is 5.69 Å². The lowest BCUT2D eigenvalue weighted by atomic mass is 10.2. The van der Waals surface area contributed by atoms with Crippen LogP contribution in [0.1, 0.15) is 4.88 Å². The molecule has 1 aromatic heterocycles. The second-order valence-corrected chi connectivity index (χ2v) is 5.24. The van der Waals surface area contributed by atoms with Gasteiger partial charge in [-0.2, -0.15) is 0 Å². The summed E-state index contributed by atoms with van der Waals surface area (Å²) < 4.78 is 1.35. The molecule has 0 unspecified atom stereocenters. The Labute approximate surface area is 107 Å². The Kier molecular flexibility index (Phi) is 3.64. The number of rotatable bonds is 5. The van der Waals surface area contributed by atoms with Crippen LogP contribution in [0.4, 0.5) is 5.69 Å². The largest absolute Gasteiger partial charge is 0.363 e. The van der Waals surface area contributed by atoms with Crippen LogP contribution in [0, 0.1) is 6.92 Å². The van der Waals surface area contributed by atoms with Crippen LogP contribution in [0.15, 0.2) is 49.6 Å². The zero-order chi connectivity index (χ0) is 12.3. The highest BCUT2D eigenvalue weighted by Crippen LogP contribution is 2.37. The number of aryl methyl sites for hydroxylation is 1. The first kappa shape index (κ1) is 11.9. The smallest absolute Gasteiger partial charge is 0.0590 e. The SMILES string of the molecule is C=CCN(CC=C)c1c(C)sc2ccccc12. The van der Waals surface area contributed by atoms with Crippen LogP contribution in [0.25, 0.3) is 10.1 Å². The van der Waals surface area contributed by atoms with Crippen LogP contribution < -0.4 is 4.90 Å². The van der Waals surface area contributed by atoms with Gasteiger partial charge in [0.25, 0.3) is 0 Å². The Hall–Kier alpha value is -1.54. The molecule has 0 amide bonds. The summed E-state index contributed by atoms with van der Waals surface area (Å²) in [6.07, 6.45) is 3.88. The molecule has 2 rings (SSSR count). The molecule has 0 saturated heterocycles. The molecule has 0 saturated carbocycles. The van der Waals surface area contributed by atoms with Crippen LogP contribution in [-0.4, -0.2) is 13.1 Å². The monoisotopic (exact) mass is 243 g/mol. The van der Waals surface area contributed by atoms with Gasteiger partial charge in [-0.3, -0.25) is 0 Å². The van der Waals surface area contributed by atoms with Crippen molar-refractivity contribution in [2.75, 3.05) is 18.0 Å². The molecule has 0 bridgehead atoms. The number of thiophene rings is 1. The van der Waals surface area contributed by atoms with E-state index in [1.54, 1.807) is 0 Å². The lowest BCUT2D eigenvalue weighted by molar-refractivity contribution is 0.960. The molecular weight excluding hydrogens is 226 g/mol. The summed E-state index contributed by atoms with van der Waals surface area (Å²) in [6.45, 7) is 11.5. The van der Waals surface area contributed by atoms with Crippen molar-refractivity contribution in [1.82, 2.24) is 0 Å². The third-order valence-corrected chi connectivity index (χ3v) is 3.83. The van der Waals surface area contributed by atoms with E-state index in [-0.39, 0.29) is 0 Å². The molecule has 0 radical (unpaired) electrons. The summed E-state index contributed by atoms with van der Waals surface area (Å²) in [5.74, 6) is 0. The lowest BCUT2D eigenvalue weighted by Gasteiger charge is -2.22. The van der Waals surface area contributed by atoms with Crippen molar-refractivity contribution in [2.45, 2.75) is 6.92 Å². The molecular formula is C15H17NS. The topological polar surface area (TPSA) is 3.24 Å². The molecule has 2 aromatic rings. The molecule has 88 valence electrons. The molecule has 0 atom stereocenters. The predicted molar refractivity (Wildman–Crippen MR) is 79.2 cm³/mol. The van der Waals surface area contributed by atoms with Gasteiger partial charge in [0.1, 0.15) is 0 Å². The Bertz CT molecular complexity index is 529. The van der Waals surface area contributed by atoms with Crippen molar-refractivity contribution < 1.29 is 0 Å². The van der Waals surface area contributed by atoms with Gasteiger partial charge in [-0.15, -0.1) is 24.5 Å². The average Bonchev–Trinajstić information content (AvgIpc) is 2.64. The molecule has 2 heteroatoms. The molecule has 1 heterocycles. The number of hydrogen-bond donors (Lipinski definition) is 0. The van der Waals surface area contributed by atoms with E-state index in [2.05, 4.69) is 49.2 Å². The Balaban J connectivity index is 2.54. The Morgan fingerprint density at radius 3 is 2.47 bits per heavy atom. The maximum Gasteiger partial charge on any atom is 0.0590 e. The third kappa shape index (κ3) is 2.27. The van der Waals surface area contributed by atoms with Gasteiger partial charge in [0.2, 0.25) is 0 Å². The van der Waals surface area contributed by atoms with Crippen molar-refractivity contribution in [3.05, 3.63) is 54.5 Å². The molecule has 0 aliphatic rings. The highest BCUT2D eigenvalue weighted by atomic mass is 32.1. The molecule has 0 fully saturated rings. The second-order valence-electron chi connectivity index (χ2n) is 3.99. The van der Waals surface area contributed by atoms with E-state index in [0.29, 0.717) is 0 Å². The van der Waals surface area contributed by atoms with Crippen LogP contribution in [0.2, 0.25) is 0 Å². The summed E-state index contributed by atoms with van der Waals surface area (Å²) in [7, 11) is 0. The molecule has 17 heavy (non-hydrogen) atoms. The molecule has 1 nitrogen and oxygen atoms in total. The average molecular weight is 243 g/mol. The van der Waals surface area contributed by atoms with Gasteiger partial charge < -0.3 is 4.90 Å². The Morgan fingerprint density at radius 1 is 1.18 bits per heavy atom. The second kappa shape index (κ2) is 5.19. The first-order chi connectivity index (χ1) is 8.27. The van der Waals surface area contributed by atoms with E-state index in [0.717, 1.165) is 13.1 Å². The fourth-order valence-electron chi connectivity index (χ4n) is 2.12. The van der Waals surface area contributed by atoms with Gasteiger partial charge in [0, 0.05) is 28.1 Å². The number of fused-ring (bicyclic) bond motifs is 1. The maximum absolute atomic E-state index is 3.83.